The lowest BCUT2D eigenvalue weighted by molar-refractivity contribution is 0.336. The minimum absolute atomic E-state index is 0.0572. The molecule has 0 saturated carbocycles. The second-order valence-electron chi connectivity index (χ2n) is 5.44. The van der Waals surface area contributed by atoms with Crippen molar-refractivity contribution in [2.45, 2.75) is 25.3 Å². The van der Waals surface area contributed by atoms with E-state index in [0.717, 1.165) is 14.3 Å². The predicted molar refractivity (Wildman–Crippen MR) is 92.1 cm³/mol. The average molecular weight is 427 g/mol. The van der Waals surface area contributed by atoms with E-state index in [-0.39, 0.29) is 23.1 Å². The van der Waals surface area contributed by atoms with Crippen LogP contribution in [-0.2, 0) is 16.6 Å². The van der Waals surface area contributed by atoms with Gasteiger partial charge in [-0.3, -0.25) is 0 Å². The van der Waals surface area contributed by atoms with Crippen molar-refractivity contribution >= 4 is 26.0 Å². The van der Waals surface area contributed by atoms with Crippen LogP contribution in [0.3, 0.4) is 0 Å². The van der Waals surface area contributed by atoms with Gasteiger partial charge in [0.1, 0.15) is 10.6 Å². The summed E-state index contributed by atoms with van der Waals surface area (Å²) in [5.41, 5.74) is 1.07. The SMILES string of the molecule is Cc1noc(C)c1S(=O)(=O)N(C)Cc1nc(-c2cccc(Br)c2)no1. The van der Waals surface area contributed by atoms with Gasteiger partial charge in [0.2, 0.25) is 21.7 Å². The molecule has 3 aromatic rings. The second kappa shape index (κ2) is 6.70. The van der Waals surface area contributed by atoms with Crippen LogP contribution in [0.1, 0.15) is 17.3 Å². The Hall–Kier alpha value is -2.04. The van der Waals surface area contributed by atoms with Gasteiger partial charge < -0.3 is 9.05 Å². The molecule has 0 aliphatic carbocycles. The van der Waals surface area contributed by atoms with Gasteiger partial charge in [-0.2, -0.15) is 9.29 Å². The predicted octanol–water partition coefficient (Wildman–Crippen LogP) is 2.92. The van der Waals surface area contributed by atoms with Gasteiger partial charge in [-0.15, -0.1) is 0 Å². The fourth-order valence-corrected chi connectivity index (χ4v) is 4.14. The van der Waals surface area contributed by atoms with Gasteiger partial charge in [-0.05, 0) is 26.0 Å². The molecule has 3 rings (SSSR count). The molecular formula is C15H15BrN4O4S. The zero-order valence-corrected chi connectivity index (χ0v) is 16.1. The van der Waals surface area contributed by atoms with Crippen LogP contribution in [-0.4, -0.2) is 35.1 Å². The zero-order chi connectivity index (χ0) is 18.2. The smallest absolute Gasteiger partial charge is 0.248 e. The summed E-state index contributed by atoms with van der Waals surface area (Å²) in [5, 5.41) is 7.59. The zero-order valence-electron chi connectivity index (χ0n) is 13.7. The first-order valence-corrected chi connectivity index (χ1v) is 9.50. The van der Waals surface area contributed by atoms with Crippen molar-refractivity contribution < 1.29 is 17.5 Å². The number of benzene rings is 1. The van der Waals surface area contributed by atoms with Crippen molar-refractivity contribution in [2.75, 3.05) is 7.05 Å². The van der Waals surface area contributed by atoms with Crippen molar-refractivity contribution in [3.05, 3.63) is 46.1 Å². The molecule has 0 aliphatic rings. The van der Waals surface area contributed by atoms with Crippen molar-refractivity contribution in [3.63, 3.8) is 0 Å². The van der Waals surface area contributed by atoms with Gasteiger partial charge >= 0.3 is 0 Å². The Balaban J connectivity index is 1.83. The van der Waals surface area contributed by atoms with E-state index in [4.69, 9.17) is 9.05 Å². The molecule has 25 heavy (non-hydrogen) atoms. The van der Waals surface area contributed by atoms with E-state index in [0.29, 0.717) is 11.5 Å². The Bertz CT molecular complexity index is 993. The highest BCUT2D eigenvalue weighted by molar-refractivity contribution is 9.10. The van der Waals surface area contributed by atoms with Crippen LogP contribution in [0.5, 0.6) is 0 Å². The molecule has 0 spiro atoms. The number of halogens is 1. The Morgan fingerprint density at radius 3 is 2.60 bits per heavy atom. The maximum atomic E-state index is 12.7. The third-order valence-electron chi connectivity index (χ3n) is 3.54. The number of hydrogen-bond donors (Lipinski definition) is 0. The summed E-state index contributed by atoms with van der Waals surface area (Å²) < 4.78 is 37.5. The summed E-state index contributed by atoms with van der Waals surface area (Å²) in [6.45, 7) is 3.07. The monoisotopic (exact) mass is 426 g/mol. The van der Waals surface area contributed by atoms with E-state index in [1.54, 1.807) is 13.8 Å². The lowest BCUT2D eigenvalue weighted by Crippen LogP contribution is -2.27. The first kappa shape index (κ1) is 17.8. The van der Waals surface area contributed by atoms with E-state index < -0.39 is 10.0 Å². The molecule has 0 aliphatic heterocycles. The van der Waals surface area contributed by atoms with Gasteiger partial charge in [0.25, 0.3) is 0 Å². The number of rotatable bonds is 5. The maximum Gasteiger partial charge on any atom is 0.248 e. The highest BCUT2D eigenvalue weighted by Gasteiger charge is 2.29. The Kier molecular flexibility index (Phi) is 4.76. The number of nitrogens with zero attached hydrogens (tertiary/aromatic N) is 4. The van der Waals surface area contributed by atoms with Crippen molar-refractivity contribution in [2.24, 2.45) is 0 Å². The molecule has 2 heterocycles. The molecule has 2 aromatic heterocycles. The number of aromatic nitrogens is 3. The van der Waals surface area contributed by atoms with E-state index in [2.05, 4.69) is 31.2 Å². The van der Waals surface area contributed by atoms with Crippen LogP contribution >= 0.6 is 15.9 Å². The highest BCUT2D eigenvalue weighted by atomic mass is 79.9. The molecule has 0 atom stereocenters. The molecule has 0 radical (unpaired) electrons. The molecule has 0 saturated heterocycles. The Morgan fingerprint density at radius 2 is 1.96 bits per heavy atom. The summed E-state index contributed by atoms with van der Waals surface area (Å²) in [4.78, 5) is 4.31. The van der Waals surface area contributed by atoms with Gasteiger partial charge in [0.15, 0.2) is 5.76 Å². The molecule has 0 bridgehead atoms. The third-order valence-corrected chi connectivity index (χ3v) is 6.09. The summed E-state index contributed by atoms with van der Waals surface area (Å²) in [6, 6.07) is 7.42. The molecular weight excluding hydrogens is 412 g/mol. The van der Waals surface area contributed by atoms with Crippen LogP contribution in [0, 0.1) is 13.8 Å². The lowest BCUT2D eigenvalue weighted by Gasteiger charge is -2.14. The van der Waals surface area contributed by atoms with Crippen LogP contribution in [0.25, 0.3) is 11.4 Å². The molecule has 1 aromatic carbocycles. The standard InChI is InChI=1S/C15H15BrN4O4S/c1-9-14(10(2)23-18-9)25(21,22)20(3)8-13-17-15(19-24-13)11-5-4-6-12(16)7-11/h4-7H,8H2,1-3H3. The lowest BCUT2D eigenvalue weighted by atomic mass is 10.2. The summed E-state index contributed by atoms with van der Waals surface area (Å²) in [6.07, 6.45) is 0. The van der Waals surface area contributed by atoms with Crippen molar-refractivity contribution in [1.82, 2.24) is 19.6 Å². The Labute approximate surface area is 153 Å². The summed E-state index contributed by atoms with van der Waals surface area (Å²) in [5.74, 6) is 0.817. The van der Waals surface area contributed by atoms with Gasteiger partial charge in [0.05, 0.1) is 6.54 Å². The number of hydrogen-bond acceptors (Lipinski definition) is 7. The van der Waals surface area contributed by atoms with E-state index in [9.17, 15) is 8.42 Å². The molecule has 0 amide bonds. The van der Waals surface area contributed by atoms with Gasteiger partial charge in [0, 0.05) is 17.1 Å². The van der Waals surface area contributed by atoms with Crippen LogP contribution in [0.2, 0.25) is 0 Å². The molecule has 8 nitrogen and oxygen atoms in total. The minimum Gasteiger partial charge on any atom is -0.360 e. The molecule has 10 heteroatoms. The topological polar surface area (TPSA) is 102 Å². The van der Waals surface area contributed by atoms with Gasteiger partial charge in [-0.1, -0.05) is 38.4 Å². The first-order chi connectivity index (χ1) is 11.8. The fourth-order valence-electron chi connectivity index (χ4n) is 2.34. The first-order valence-electron chi connectivity index (χ1n) is 7.27. The molecule has 0 unspecified atom stereocenters. The van der Waals surface area contributed by atoms with Crippen LogP contribution < -0.4 is 0 Å². The number of aryl methyl sites for hydroxylation is 2. The van der Waals surface area contributed by atoms with Crippen LogP contribution in [0.4, 0.5) is 0 Å². The Morgan fingerprint density at radius 1 is 1.20 bits per heavy atom. The van der Waals surface area contributed by atoms with Crippen molar-refractivity contribution in [3.8, 4) is 11.4 Å². The average Bonchev–Trinajstić information content (AvgIpc) is 3.14. The van der Waals surface area contributed by atoms with E-state index in [1.807, 2.05) is 24.3 Å². The fraction of sp³-hybridized carbons (Fsp3) is 0.267. The quantitative estimate of drug-likeness (QED) is 0.617. The molecule has 0 fully saturated rings. The maximum absolute atomic E-state index is 12.7. The molecule has 132 valence electrons. The van der Waals surface area contributed by atoms with Gasteiger partial charge in [-0.25, -0.2) is 8.42 Å². The van der Waals surface area contributed by atoms with E-state index in [1.165, 1.54) is 7.05 Å². The number of sulfonamides is 1. The summed E-state index contributed by atoms with van der Waals surface area (Å²) in [7, 11) is -2.34. The van der Waals surface area contributed by atoms with E-state index >= 15 is 0 Å². The third kappa shape index (κ3) is 3.51. The normalized spacial score (nSPS) is 12.0. The summed E-state index contributed by atoms with van der Waals surface area (Å²) >= 11 is 3.38. The second-order valence-corrected chi connectivity index (χ2v) is 8.33. The van der Waals surface area contributed by atoms with Crippen LogP contribution in [0.15, 0.2) is 42.7 Å². The minimum atomic E-state index is -3.78. The van der Waals surface area contributed by atoms with Crippen molar-refractivity contribution in [1.29, 1.82) is 0 Å². The molecule has 0 N–H and O–H groups in total. The largest absolute Gasteiger partial charge is 0.360 e. The highest BCUT2D eigenvalue weighted by Crippen LogP contribution is 2.24.